The second-order valence-corrected chi connectivity index (χ2v) is 9.19. The van der Waals surface area contributed by atoms with Crippen molar-refractivity contribution in [1.29, 1.82) is 0 Å². The molecule has 0 amide bonds. The molecule has 0 saturated heterocycles. The van der Waals surface area contributed by atoms with Gasteiger partial charge in [0.1, 0.15) is 18.7 Å². The third-order valence-corrected chi connectivity index (χ3v) is 6.33. The van der Waals surface area contributed by atoms with Crippen LogP contribution in [0.25, 0.3) is 0 Å². The second kappa shape index (κ2) is 13.8. The maximum Gasteiger partial charge on any atom is 0.303 e. The summed E-state index contributed by atoms with van der Waals surface area (Å²) in [6.07, 6.45) is -5.63. The lowest BCUT2D eigenvalue weighted by Gasteiger charge is -2.39. The Kier molecular flexibility index (Phi) is 11.2. The van der Waals surface area contributed by atoms with Crippen LogP contribution in [0.2, 0.25) is 0 Å². The summed E-state index contributed by atoms with van der Waals surface area (Å²) in [6.45, 7) is 5.22. The van der Waals surface area contributed by atoms with Crippen LogP contribution in [-0.4, -0.2) is 80.1 Å². The van der Waals surface area contributed by atoms with Gasteiger partial charge in [0.15, 0.2) is 24.4 Å². The standard InChI is InChI=1S/C24H31NO11S/c1-13(26)32-11-19(33-14(2)27)21(34-15(3)28)22(35-16(4)29)23(36-17(5)30)24-25(12-31-6)18-9-7-8-10-20(18)37-24/h7-10,19,21-24H,11-12H2,1-6H3/t19-,21-,22-,23-,24+/m0/s1. The fourth-order valence-electron chi connectivity index (χ4n) is 3.80. The molecule has 1 heterocycles. The molecule has 1 aliphatic heterocycles. The van der Waals surface area contributed by atoms with Crippen LogP contribution in [0.3, 0.4) is 0 Å². The average Bonchev–Trinajstić information content (AvgIpc) is 3.15. The number of rotatable bonds is 12. The van der Waals surface area contributed by atoms with Crippen LogP contribution >= 0.6 is 11.8 Å². The van der Waals surface area contributed by atoms with Gasteiger partial charge in [-0.05, 0) is 12.1 Å². The Bertz CT molecular complexity index is 1000. The molecule has 12 nitrogen and oxygen atoms in total. The SMILES string of the molecule is COCN1c2ccccc2S[C@@H]1[C@@H](OC(C)=O)[C@@H](OC(C)=O)[C@@H](OC(C)=O)[C@H](COC(C)=O)OC(C)=O. The summed E-state index contributed by atoms with van der Waals surface area (Å²) in [5, 5.41) is -0.713. The number of thioether (sulfide) groups is 1. The predicted molar refractivity (Wildman–Crippen MR) is 129 cm³/mol. The van der Waals surface area contributed by atoms with E-state index in [4.69, 9.17) is 28.4 Å². The highest BCUT2D eigenvalue weighted by molar-refractivity contribution is 8.00. The number of carbonyl (C=O) groups is 5. The van der Waals surface area contributed by atoms with Crippen LogP contribution < -0.4 is 4.90 Å². The zero-order chi connectivity index (χ0) is 27.7. The van der Waals surface area contributed by atoms with Crippen LogP contribution in [0, 0.1) is 0 Å². The van der Waals surface area contributed by atoms with E-state index in [2.05, 4.69) is 0 Å². The molecule has 1 aromatic carbocycles. The molecule has 0 saturated carbocycles. The van der Waals surface area contributed by atoms with Crippen molar-refractivity contribution in [2.45, 2.75) is 69.3 Å². The Morgan fingerprint density at radius 3 is 1.92 bits per heavy atom. The quantitative estimate of drug-likeness (QED) is 0.280. The van der Waals surface area contributed by atoms with Gasteiger partial charge in [-0.3, -0.25) is 24.0 Å². The molecule has 0 radical (unpaired) electrons. The van der Waals surface area contributed by atoms with Crippen LogP contribution in [0.1, 0.15) is 34.6 Å². The molecule has 0 aliphatic carbocycles. The van der Waals surface area contributed by atoms with Gasteiger partial charge in [0.25, 0.3) is 0 Å². The van der Waals surface area contributed by atoms with E-state index in [0.29, 0.717) is 0 Å². The largest absolute Gasteiger partial charge is 0.462 e. The zero-order valence-corrected chi connectivity index (χ0v) is 22.3. The summed E-state index contributed by atoms with van der Waals surface area (Å²) in [5.74, 6) is -3.76. The van der Waals surface area contributed by atoms with Crippen molar-refractivity contribution in [1.82, 2.24) is 0 Å². The highest BCUT2D eigenvalue weighted by Gasteiger charge is 2.50. The summed E-state index contributed by atoms with van der Waals surface area (Å²) in [5.41, 5.74) is 0.776. The average molecular weight is 542 g/mol. The molecule has 0 spiro atoms. The van der Waals surface area contributed by atoms with E-state index in [1.165, 1.54) is 25.8 Å². The number of hydrogen-bond acceptors (Lipinski definition) is 13. The molecule has 1 aliphatic rings. The van der Waals surface area contributed by atoms with Gasteiger partial charge >= 0.3 is 29.8 Å². The van der Waals surface area contributed by atoms with E-state index >= 15 is 0 Å². The monoisotopic (exact) mass is 541 g/mol. The van der Waals surface area contributed by atoms with Crippen molar-refractivity contribution in [3.05, 3.63) is 24.3 Å². The van der Waals surface area contributed by atoms with E-state index in [-0.39, 0.29) is 6.73 Å². The molecule has 37 heavy (non-hydrogen) atoms. The van der Waals surface area contributed by atoms with Gasteiger partial charge in [-0.1, -0.05) is 23.9 Å². The van der Waals surface area contributed by atoms with Crippen molar-refractivity contribution in [3.63, 3.8) is 0 Å². The van der Waals surface area contributed by atoms with Crippen molar-refractivity contribution in [3.8, 4) is 0 Å². The first-order chi connectivity index (χ1) is 17.4. The number of hydrogen-bond donors (Lipinski definition) is 0. The van der Waals surface area contributed by atoms with Gasteiger partial charge in [-0.15, -0.1) is 0 Å². The van der Waals surface area contributed by atoms with Crippen molar-refractivity contribution < 1.29 is 52.4 Å². The van der Waals surface area contributed by atoms with E-state index in [0.717, 1.165) is 38.3 Å². The van der Waals surface area contributed by atoms with Crippen molar-refractivity contribution in [2.24, 2.45) is 0 Å². The minimum Gasteiger partial charge on any atom is -0.462 e. The van der Waals surface area contributed by atoms with E-state index in [1.54, 1.807) is 4.90 Å². The van der Waals surface area contributed by atoms with Crippen molar-refractivity contribution >= 4 is 47.3 Å². The smallest absolute Gasteiger partial charge is 0.303 e. The Hall–Kier alpha value is -3.32. The molecule has 13 heteroatoms. The number of anilines is 1. The minimum absolute atomic E-state index is 0.0816. The molecular formula is C24H31NO11S. The maximum atomic E-state index is 12.3. The number of esters is 5. The number of carbonyl (C=O) groups excluding carboxylic acids is 5. The summed E-state index contributed by atoms with van der Waals surface area (Å²) in [7, 11) is 1.49. The Morgan fingerprint density at radius 2 is 1.38 bits per heavy atom. The number of nitrogens with zero attached hydrogens (tertiary/aromatic N) is 1. The normalized spacial score (nSPS) is 17.5. The van der Waals surface area contributed by atoms with Gasteiger partial charge in [0.05, 0.1) is 5.69 Å². The predicted octanol–water partition coefficient (Wildman–Crippen LogP) is 1.82. The highest BCUT2D eigenvalue weighted by atomic mass is 32.2. The second-order valence-electron chi connectivity index (χ2n) is 8.04. The molecule has 1 aromatic rings. The maximum absolute atomic E-state index is 12.3. The number of para-hydroxylation sites is 1. The minimum atomic E-state index is -1.51. The van der Waals surface area contributed by atoms with Gasteiger partial charge in [-0.2, -0.15) is 0 Å². The third-order valence-electron chi connectivity index (χ3n) is 4.97. The summed E-state index contributed by atoms with van der Waals surface area (Å²) < 4.78 is 32.4. The molecule has 0 bridgehead atoms. The van der Waals surface area contributed by atoms with Gasteiger partial charge in [0, 0.05) is 46.6 Å². The molecule has 2 rings (SSSR count). The highest BCUT2D eigenvalue weighted by Crippen LogP contribution is 2.46. The van der Waals surface area contributed by atoms with Crippen molar-refractivity contribution in [2.75, 3.05) is 25.3 Å². The summed E-state index contributed by atoms with van der Waals surface area (Å²) in [4.78, 5) is 62.7. The van der Waals surface area contributed by atoms with E-state index < -0.39 is 66.2 Å². The lowest BCUT2D eigenvalue weighted by Crippen LogP contribution is -2.58. The molecule has 0 unspecified atom stereocenters. The fourth-order valence-corrected chi connectivity index (χ4v) is 5.17. The molecule has 0 fully saturated rings. The lowest BCUT2D eigenvalue weighted by atomic mass is 10.0. The Balaban J connectivity index is 2.63. The topological polar surface area (TPSA) is 144 Å². The van der Waals surface area contributed by atoms with Gasteiger partial charge in [0.2, 0.25) is 0 Å². The summed E-state index contributed by atoms with van der Waals surface area (Å²) >= 11 is 1.31. The zero-order valence-electron chi connectivity index (χ0n) is 21.5. The third kappa shape index (κ3) is 8.64. The van der Waals surface area contributed by atoms with Gasteiger partial charge < -0.3 is 33.3 Å². The lowest BCUT2D eigenvalue weighted by molar-refractivity contribution is -0.202. The number of fused-ring (bicyclic) bond motifs is 1. The van der Waals surface area contributed by atoms with Crippen LogP contribution in [0.4, 0.5) is 5.69 Å². The molecule has 0 aromatic heterocycles. The number of methoxy groups -OCH3 is 1. The Labute approximate surface area is 218 Å². The first-order valence-electron chi connectivity index (χ1n) is 11.3. The Morgan fingerprint density at radius 1 is 0.811 bits per heavy atom. The first-order valence-corrected chi connectivity index (χ1v) is 12.2. The molecule has 5 atom stereocenters. The number of ether oxygens (including phenoxy) is 6. The molecule has 204 valence electrons. The van der Waals surface area contributed by atoms with Crippen LogP contribution in [0.5, 0.6) is 0 Å². The first kappa shape index (κ1) is 29.9. The molecule has 0 N–H and O–H groups in total. The van der Waals surface area contributed by atoms with E-state index in [9.17, 15) is 24.0 Å². The van der Waals surface area contributed by atoms with Crippen LogP contribution in [-0.2, 0) is 52.4 Å². The summed E-state index contributed by atoms with van der Waals surface area (Å²) in [6, 6.07) is 7.37. The van der Waals surface area contributed by atoms with E-state index in [1.807, 2.05) is 24.3 Å². The van der Waals surface area contributed by atoms with Gasteiger partial charge in [-0.25, -0.2) is 0 Å². The molecular weight excluding hydrogens is 510 g/mol. The fraction of sp³-hybridized carbons (Fsp3) is 0.542. The number of benzene rings is 1. The van der Waals surface area contributed by atoms with Crippen LogP contribution in [0.15, 0.2) is 29.2 Å².